The number of hydrogen-bond donors (Lipinski definition) is 3. The molecule has 6 heteroatoms. The number of aliphatic hydroxyl groups is 1. The molecule has 0 spiro atoms. The minimum absolute atomic E-state index is 0.0903. The van der Waals surface area contributed by atoms with Crippen LogP contribution < -0.4 is 5.32 Å². The number of nitrogens with zero attached hydrogens (tertiary/aromatic N) is 1. The number of β-amino-alcohol motifs (C(OH)–C–C–N with tert-alkyl or cyclic N) is 1. The summed E-state index contributed by atoms with van der Waals surface area (Å²) < 4.78 is 0. The number of rotatable bonds is 5. The Hall–Kier alpha value is -1.30. The van der Waals surface area contributed by atoms with Gasteiger partial charge in [0.25, 0.3) is 0 Å². The molecule has 1 heterocycles. The number of likely N-dealkylation sites (tertiary alicyclic amines) is 1. The molecule has 6 nitrogen and oxygen atoms in total. The minimum atomic E-state index is -1.07. The zero-order valence-corrected chi connectivity index (χ0v) is 10.9. The molecule has 1 fully saturated rings. The molecule has 0 saturated carbocycles. The van der Waals surface area contributed by atoms with E-state index < -0.39 is 24.1 Å². The zero-order chi connectivity index (χ0) is 13.7. The molecule has 1 saturated heterocycles. The van der Waals surface area contributed by atoms with Crippen LogP contribution in [0.2, 0.25) is 0 Å². The van der Waals surface area contributed by atoms with Crippen LogP contribution in [0, 0.1) is 5.92 Å². The standard InChI is InChI=1S/C12H22N2O4/c1-8(2)4-3-5-13-12(18)14-7-9(15)6-10(14)11(16)17/h8-10,15H,3-7H2,1-2H3,(H,13,18)(H,16,17). The second-order valence-corrected chi connectivity index (χ2v) is 5.16. The number of urea groups is 1. The van der Waals surface area contributed by atoms with Gasteiger partial charge in [0, 0.05) is 19.5 Å². The summed E-state index contributed by atoms with van der Waals surface area (Å²) >= 11 is 0. The van der Waals surface area contributed by atoms with Gasteiger partial charge in [0.15, 0.2) is 0 Å². The zero-order valence-electron chi connectivity index (χ0n) is 10.9. The number of hydrogen-bond acceptors (Lipinski definition) is 3. The van der Waals surface area contributed by atoms with Crippen molar-refractivity contribution in [3.05, 3.63) is 0 Å². The topological polar surface area (TPSA) is 89.9 Å². The first-order valence-corrected chi connectivity index (χ1v) is 6.37. The Labute approximate surface area is 107 Å². The van der Waals surface area contributed by atoms with E-state index in [1.165, 1.54) is 4.90 Å². The molecular formula is C12H22N2O4. The maximum atomic E-state index is 11.8. The number of aliphatic carboxylic acids is 1. The Balaban J connectivity index is 2.38. The van der Waals surface area contributed by atoms with Crippen molar-refractivity contribution < 1.29 is 19.8 Å². The van der Waals surface area contributed by atoms with E-state index in [1.807, 2.05) is 0 Å². The Kier molecular flexibility index (Phi) is 5.40. The Morgan fingerprint density at radius 3 is 2.67 bits per heavy atom. The molecule has 0 aliphatic carbocycles. The molecule has 2 amide bonds. The van der Waals surface area contributed by atoms with E-state index in [0.29, 0.717) is 12.5 Å². The van der Waals surface area contributed by atoms with Crippen LogP contribution in [0.1, 0.15) is 33.1 Å². The summed E-state index contributed by atoms with van der Waals surface area (Å²) in [4.78, 5) is 23.9. The van der Waals surface area contributed by atoms with Gasteiger partial charge >= 0.3 is 12.0 Å². The van der Waals surface area contributed by atoms with Gasteiger partial charge in [-0.05, 0) is 18.8 Å². The van der Waals surface area contributed by atoms with Crippen molar-refractivity contribution >= 4 is 12.0 Å². The van der Waals surface area contributed by atoms with Crippen LogP contribution in [0.4, 0.5) is 4.79 Å². The number of carboxylic acid groups (broad SMARTS) is 1. The molecule has 1 rings (SSSR count). The number of carbonyl (C=O) groups is 2. The average Bonchev–Trinajstić information content (AvgIpc) is 2.66. The van der Waals surface area contributed by atoms with Gasteiger partial charge in [0.2, 0.25) is 0 Å². The summed E-state index contributed by atoms with van der Waals surface area (Å²) in [6.45, 7) is 4.85. The van der Waals surface area contributed by atoms with Gasteiger partial charge in [-0.2, -0.15) is 0 Å². The normalized spacial score (nSPS) is 23.4. The molecule has 1 aliphatic rings. The maximum absolute atomic E-state index is 11.8. The summed E-state index contributed by atoms with van der Waals surface area (Å²) in [5, 5.41) is 21.1. The van der Waals surface area contributed by atoms with Crippen LogP contribution in [0.25, 0.3) is 0 Å². The molecule has 3 N–H and O–H groups in total. The lowest BCUT2D eigenvalue weighted by atomic mass is 10.1. The van der Waals surface area contributed by atoms with Gasteiger partial charge in [-0.15, -0.1) is 0 Å². The molecule has 0 aromatic rings. The molecule has 2 atom stereocenters. The number of nitrogens with one attached hydrogen (secondary N) is 1. The predicted octanol–water partition coefficient (Wildman–Crippen LogP) is 0.652. The second-order valence-electron chi connectivity index (χ2n) is 5.16. The number of carboxylic acids is 1. The first-order valence-electron chi connectivity index (χ1n) is 6.37. The van der Waals surface area contributed by atoms with Gasteiger partial charge in [-0.25, -0.2) is 9.59 Å². The van der Waals surface area contributed by atoms with Crippen LogP contribution in [-0.2, 0) is 4.79 Å². The predicted molar refractivity (Wildman–Crippen MR) is 66.2 cm³/mol. The van der Waals surface area contributed by atoms with Gasteiger partial charge in [0.1, 0.15) is 6.04 Å². The van der Waals surface area contributed by atoms with Crippen LogP contribution in [0.5, 0.6) is 0 Å². The lowest BCUT2D eigenvalue weighted by molar-refractivity contribution is -0.141. The molecule has 0 aromatic heterocycles. The fourth-order valence-corrected chi connectivity index (χ4v) is 2.08. The third-order valence-corrected chi connectivity index (χ3v) is 3.06. The molecule has 2 unspecified atom stereocenters. The molecule has 18 heavy (non-hydrogen) atoms. The Bertz CT molecular complexity index is 306. The SMILES string of the molecule is CC(C)CCCNC(=O)N1CC(O)CC1C(=O)O. The third-order valence-electron chi connectivity index (χ3n) is 3.06. The lowest BCUT2D eigenvalue weighted by Gasteiger charge is -2.21. The number of carbonyl (C=O) groups excluding carboxylic acids is 1. The molecule has 1 aliphatic heterocycles. The Morgan fingerprint density at radius 2 is 2.11 bits per heavy atom. The quantitative estimate of drug-likeness (QED) is 0.632. The van der Waals surface area contributed by atoms with Crippen molar-refractivity contribution in [2.24, 2.45) is 5.92 Å². The van der Waals surface area contributed by atoms with Crippen molar-refractivity contribution in [1.29, 1.82) is 0 Å². The summed E-state index contributed by atoms with van der Waals surface area (Å²) in [5.41, 5.74) is 0. The molecular weight excluding hydrogens is 236 g/mol. The smallest absolute Gasteiger partial charge is 0.326 e. The van der Waals surface area contributed by atoms with Crippen molar-refractivity contribution in [2.45, 2.75) is 45.3 Å². The lowest BCUT2D eigenvalue weighted by Crippen LogP contribution is -2.46. The van der Waals surface area contributed by atoms with Crippen LogP contribution >= 0.6 is 0 Å². The van der Waals surface area contributed by atoms with Crippen LogP contribution in [0.15, 0.2) is 0 Å². The van der Waals surface area contributed by atoms with Crippen molar-refractivity contribution in [2.75, 3.05) is 13.1 Å². The molecule has 0 aromatic carbocycles. The fourth-order valence-electron chi connectivity index (χ4n) is 2.08. The van der Waals surface area contributed by atoms with Crippen LogP contribution in [-0.4, -0.2) is 52.3 Å². The van der Waals surface area contributed by atoms with Crippen molar-refractivity contribution in [3.8, 4) is 0 Å². The first-order chi connectivity index (χ1) is 8.41. The minimum Gasteiger partial charge on any atom is -0.480 e. The summed E-state index contributed by atoms with van der Waals surface area (Å²) in [6, 6.07) is -1.31. The highest BCUT2D eigenvalue weighted by atomic mass is 16.4. The van der Waals surface area contributed by atoms with Gasteiger partial charge in [-0.3, -0.25) is 0 Å². The van der Waals surface area contributed by atoms with Gasteiger partial charge in [-0.1, -0.05) is 13.8 Å². The van der Waals surface area contributed by atoms with E-state index >= 15 is 0 Å². The van der Waals surface area contributed by atoms with Gasteiger partial charge < -0.3 is 20.4 Å². The second kappa shape index (κ2) is 6.58. The van der Waals surface area contributed by atoms with E-state index in [1.54, 1.807) is 0 Å². The van der Waals surface area contributed by atoms with E-state index in [9.17, 15) is 14.7 Å². The summed E-state index contributed by atoms with van der Waals surface area (Å²) in [5.74, 6) is -0.480. The summed E-state index contributed by atoms with van der Waals surface area (Å²) in [6.07, 6.45) is 1.25. The van der Waals surface area contributed by atoms with Crippen LogP contribution in [0.3, 0.4) is 0 Å². The number of aliphatic hydroxyl groups excluding tert-OH is 1. The third kappa shape index (κ3) is 4.18. The molecule has 0 bridgehead atoms. The highest BCUT2D eigenvalue weighted by Crippen LogP contribution is 2.18. The average molecular weight is 258 g/mol. The monoisotopic (exact) mass is 258 g/mol. The van der Waals surface area contributed by atoms with E-state index in [4.69, 9.17) is 5.11 Å². The van der Waals surface area contributed by atoms with E-state index in [2.05, 4.69) is 19.2 Å². The maximum Gasteiger partial charge on any atom is 0.326 e. The first kappa shape index (κ1) is 14.8. The fraction of sp³-hybridized carbons (Fsp3) is 0.833. The summed E-state index contributed by atoms with van der Waals surface area (Å²) in [7, 11) is 0. The molecule has 104 valence electrons. The molecule has 0 radical (unpaired) electrons. The highest BCUT2D eigenvalue weighted by molar-refractivity contribution is 5.83. The largest absolute Gasteiger partial charge is 0.480 e. The van der Waals surface area contributed by atoms with Crippen molar-refractivity contribution in [3.63, 3.8) is 0 Å². The van der Waals surface area contributed by atoms with Gasteiger partial charge in [0.05, 0.1) is 6.10 Å². The van der Waals surface area contributed by atoms with E-state index in [0.717, 1.165) is 12.8 Å². The van der Waals surface area contributed by atoms with E-state index in [-0.39, 0.29) is 13.0 Å². The van der Waals surface area contributed by atoms with Crippen molar-refractivity contribution in [1.82, 2.24) is 10.2 Å². The number of amides is 2. The Morgan fingerprint density at radius 1 is 1.44 bits per heavy atom. The highest BCUT2D eigenvalue weighted by Gasteiger charge is 2.38.